The number of pyridine rings is 1. The number of carbonyl (C=O) groups excluding carboxylic acids is 1. The molecule has 2 aromatic rings. The molecule has 6 heteroatoms. The van der Waals surface area contributed by atoms with E-state index < -0.39 is 0 Å². The summed E-state index contributed by atoms with van der Waals surface area (Å²) in [5.41, 5.74) is 0.987. The van der Waals surface area contributed by atoms with Crippen molar-refractivity contribution in [3.63, 3.8) is 0 Å². The second-order valence-corrected chi connectivity index (χ2v) is 7.71. The van der Waals surface area contributed by atoms with E-state index in [1.54, 1.807) is 11.8 Å². The van der Waals surface area contributed by atoms with Crippen LogP contribution >= 0.6 is 20.2 Å². The number of carbonyl (C=O) groups is 1. The molecule has 0 fully saturated rings. The number of hydrogen-bond acceptors (Lipinski definition) is 5. The first-order chi connectivity index (χ1) is 12.1. The standard InChI is InChI=1S/C19H24NO3PS/c1-3-23-19(21)11-8-14(2)16(12-24-22)13-25-18-10-9-15-6-4-5-7-17(15)20-18/h4-7,9-10,14,16H,3,8,11-13H2,1-2H3. The third-order valence-corrected chi connectivity index (χ3v) is 5.98. The second kappa shape index (κ2) is 10.5. The highest BCUT2D eigenvalue weighted by Crippen LogP contribution is 2.29. The van der Waals surface area contributed by atoms with Crippen LogP contribution in [0.2, 0.25) is 0 Å². The van der Waals surface area contributed by atoms with Crippen molar-refractivity contribution in [3.05, 3.63) is 36.4 Å². The third-order valence-electron chi connectivity index (χ3n) is 4.24. The van der Waals surface area contributed by atoms with Gasteiger partial charge in [0.1, 0.15) is 0 Å². The summed E-state index contributed by atoms with van der Waals surface area (Å²) in [6.07, 6.45) is 1.77. The van der Waals surface area contributed by atoms with E-state index in [1.807, 2.05) is 37.3 Å². The van der Waals surface area contributed by atoms with Gasteiger partial charge in [0.05, 0.1) is 17.1 Å². The maximum absolute atomic E-state index is 11.5. The number of fused-ring (bicyclic) bond motifs is 1. The van der Waals surface area contributed by atoms with Gasteiger partial charge < -0.3 is 4.74 Å². The normalized spacial score (nSPS) is 13.7. The second-order valence-electron chi connectivity index (χ2n) is 6.05. The Morgan fingerprint density at radius 3 is 2.84 bits per heavy atom. The van der Waals surface area contributed by atoms with E-state index in [2.05, 4.69) is 18.0 Å². The van der Waals surface area contributed by atoms with Crippen molar-refractivity contribution in [2.24, 2.45) is 11.8 Å². The van der Waals surface area contributed by atoms with Gasteiger partial charge in [0.2, 0.25) is 0 Å². The summed E-state index contributed by atoms with van der Waals surface area (Å²) in [4.78, 5) is 16.2. The zero-order chi connectivity index (χ0) is 18.1. The molecule has 4 nitrogen and oxygen atoms in total. The number of benzene rings is 1. The molecule has 0 spiro atoms. The predicted molar refractivity (Wildman–Crippen MR) is 103 cm³/mol. The molecule has 0 aliphatic carbocycles. The Bertz CT molecular complexity index is 710. The number of ether oxygens (including phenoxy) is 1. The lowest BCUT2D eigenvalue weighted by Gasteiger charge is -2.21. The fourth-order valence-electron chi connectivity index (χ4n) is 2.63. The minimum atomic E-state index is -0.156. The molecule has 0 amide bonds. The van der Waals surface area contributed by atoms with Crippen LogP contribution in [-0.2, 0) is 14.1 Å². The summed E-state index contributed by atoms with van der Waals surface area (Å²) < 4.78 is 16.1. The fourth-order valence-corrected chi connectivity index (χ4v) is 4.64. The number of rotatable bonds is 10. The third kappa shape index (κ3) is 6.41. The molecule has 1 aromatic carbocycles. The molecule has 25 heavy (non-hydrogen) atoms. The SMILES string of the molecule is CCOC(=O)CCC(C)C(CP=O)CSc1ccc2ccccc2n1. The first-order valence-electron chi connectivity index (χ1n) is 8.57. The number of hydrogen-bond donors (Lipinski definition) is 0. The van der Waals surface area contributed by atoms with Crippen LogP contribution in [0.5, 0.6) is 0 Å². The Morgan fingerprint density at radius 1 is 1.28 bits per heavy atom. The van der Waals surface area contributed by atoms with Crippen LogP contribution in [0.15, 0.2) is 41.4 Å². The lowest BCUT2D eigenvalue weighted by atomic mass is 9.93. The first kappa shape index (κ1) is 19.9. The van der Waals surface area contributed by atoms with Crippen molar-refractivity contribution in [1.82, 2.24) is 4.98 Å². The van der Waals surface area contributed by atoms with Gasteiger partial charge in [-0.15, -0.1) is 11.8 Å². The van der Waals surface area contributed by atoms with Crippen LogP contribution in [0.25, 0.3) is 10.9 Å². The zero-order valence-corrected chi connectivity index (χ0v) is 16.4. The Balaban J connectivity index is 1.92. The summed E-state index contributed by atoms with van der Waals surface area (Å²) in [5.74, 6) is 1.26. The van der Waals surface area contributed by atoms with Gasteiger partial charge in [-0.2, -0.15) is 0 Å². The molecule has 1 aromatic heterocycles. The number of aromatic nitrogens is 1. The first-order valence-corrected chi connectivity index (χ1v) is 10.6. The van der Waals surface area contributed by atoms with Crippen LogP contribution in [0.1, 0.15) is 26.7 Å². The van der Waals surface area contributed by atoms with E-state index >= 15 is 0 Å². The van der Waals surface area contributed by atoms with Crippen LogP contribution in [0, 0.1) is 11.8 Å². The van der Waals surface area contributed by atoms with Crippen molar-refractivity contribution in [2.75, 3.05) is 18.5 Å². The number of para-hydroxylation sites is 1. The molecule has 0 saturated heterocycles. The van der Waals surface area contributed by atoms with E-state index in [1.165, 1.54) is 0 Å². The molecule has 0 N–H and O–H groups in total. The van der Waals surface area contributed by atoms with Crippen LogP contribution in [-0.4, -0.2) is 29.5 Å². The number of nitrogens with zero attached hydrogens (tertiary/aromatic N) is 1. The zero-order valence-electron chi connectivity index (χ0n) is 14.7. The summed E-state index contributed by atoms with van der Waals surface area (Å²) in [5, 5.41) is 2.10. The largest absolute Gasteiger partial charge is 0.466 e. The molecule has 2 rings (SSSR count). The smallest absolute Gasteiger partial charge is 0.305 e. The maximum Gasteiger partial charge on any atom is 0.305 e. The number of thioether (sulfide) groups is 1. The topological polar surface area (TPSA) is 56.3 Å². The molecule has 0 radical (unpaired) electrons. The van der Waals surface area contributed by atoms with Gasteiger partial charge in [-0.05, 0) is 37.3 Å². The van der Waals surface area contributed by atoms with Gasteiger partial charge in [-0.1, -0.05) is 31.2 Å². The van der Waals surface area contributed by atoms with Gasteiger partial charge in [0.25, 0.3) is 0 Å². The van der Waals surface area contributed by atoms with Crippen molar-refractivity contribution in [1.29, 1.82) is 0 Å². The summed E-state index contributed by atoms with van der Waals surface area (Å²) in [7, 11) is 0.151. The Kier molecular flexibility index (Phi) is 8.36. The highest BCUT2D eigenvalue weighted by Gasteiger charge is 2.19. The fraction of sp³-hybridized carbons (Fsp3) is 0.474. The molecule has 0 bridgehead atoms. The molecular formula is C19H24NO3PS. The minimum absolute atomic E-state index is 0.151. The molecule has 2 unspecified atom stereocenters. The highest BCUT2D eigenvalue weighted by molar-refractivity contribution is 7.99. The predicted octanol–water partition coefficient (Wildman–Crippen LogP) is 5.21. The highest BCUT2D eigenvalue weighted by atomic mass is 32.2. The van der Waals surface area contributed by atoms with Crippen molar-refractivity contribution in [2.45, 2.75) is 31.7 Å². The Morgan fingerprint density at radius 2 is 2.08 bits per heavy atom. The lowest BCUT2D eigenvalue weighted by molar-refractivity contribution is -0.143. The maximum atomic E-state index is 11.5. The van der Waals surface area contributed by atoms with E-state index in [0.717, 1.165) is 28.1 Å². The molecule has 2 atom stereocenters. The summed E-state index contributed by atoms with van der Waals surface area (Å²) in [6, 6.07) is 12.2. The molecular weight excluding hydrogens is 353 g/mol. The minimum Gasteiger partial charge on any atom is -0.466 e. The Labute approximate surface area is 155 Å². The molecule has 0 aliphatic heterocycles. The van der Waals surface area contributed by atoms with Crippen LogP contribution < -0.4 is 0 Å². The van der Waals surface area contributed by atoms with E-state index in [9.17, 15) is 9.36 Å². The van der Waals surface area contributed by atoms with Crippen molar-refractivity contribution >= 4 is 37.1 Å². The van der Waals surface area contributed by atoms with Crippen molar-refractivity contribution < 1.29 is 14.1 Å². The van der Waals surface area contributed by atoms with Gasteiger partial charge in [0.15, 0.2) is 8.46 Å². The van der Waals surface area contributed by atoms with Gasteiger partial charge >= 0.3 is 5.97 Å². The average molecular weight is 377 g/mol. The van der Waals surface area contributed by atoms with Gasteiger partial charge in [0, 0.05) is 23.7 Å². The van der Waals surface area contributed by atoms with Gasteiger partial charge in [-0.25, -0.2) is 4.98 Å². The monoisotopic (exact) mass is 377 g/mol. The number of esters is 1. The molecule has 0 saturated carbocycles. The van der Waals surface area contributed by atoms with Crippen molar-refractivity contribution in [3.8, 4) is 0 Å². The molecule has 0 aliphatic rings. The summed E-state index contributed by atoms with van der Waals surface area (Å²) in [6.45, 7) is 4.34. The summed E-state index contributed by atoms with van der Waals surface area (Å²) >= 11 is 1.69. The van der Waals surface area contributed by atoms with Gasteiger partial charge in [-0.3, -0.25) is 9.36 Å². The van der Waals surface area contributed by atoms with Crippen LogP contribution in [0.4, 0.5) is 0 Å². The van der Waals surface area contributed by atoms with Crippen LogP contribution in [0.3, 0.4) is 0 Å². The molecule has 134 valence electrons. The van der Waals surface area contributed by atoms with E-state index in [4.69, 9.17) is 4.74 Å². The quantitative estimate of drug-likeness (QED) is 0.323. The lowest BCUT2D eigenvalue weighted by Crippen LogP contribution is -2.18. The Hall–Kier alpha value is -1.45. The average Bonchev–Trinajstić information content (AvgIpc) is 2.63. The van der Waals surface area contributed by atoms with E-state index in [0.29, 0.717) is 25.1 Å². The van der Waals surface area contributed by atoms with E-state index in [-0.39, 0.29) is 20.3 Å². The molecule has 1 heterocycles.